The van der Waals surface area contributed by atoms with Crippen LogP contribution >= 0.6 is 0 Å². The summed E-state index contributed by atoms with van der Waals surface area (Å²) in [5, 5.41) is 7.95. The Labute approximate surface area is 191 Å². The molecule has 0 unspecified atom stereocenters. The van der Waals surface area contributed by atoms with Crippen molar-refractivity contribution in [3.05, 3.63) is 0 Å². The summed E-state index contributed by atoms with van der Waals surface area (Å²) in [5.74, 6) is -3.30. The highest BCUT2D eigenvalue weighted by molar-refractivity contribution is 6.01. The number of hydrogen-bond donors (Lipinski definition) is 4. The van der Waals surface area contributed by atoms with Crippen molar-refractivity contribution in [1.29, 1.82) is 0 Å². The number of hydroxylamine groups is 2. The topological polar surface area (TPSA) is 194 Å². The summed E-state index contributed by atoms with van der Waals surface area (Å²) in [6.07, 6.45) is 1.03. The van der Waals surface area contributed by atoms with Crippen LogP contribution in [0.4, 0.5) is 4.79 Å². The highest BCUT2D eigenvalue weighted by atomic mass is 16.7. The van der Waals surface area contributed by atoms with E-state index in [1.54, 1.807) is 13.8 Å². The van der Waals surface area contributed by atoms with Crippen molar-refractivity contribution in [2.75, 3.05) is 6.54 Å². The Bertz CT molecular complexity index is 754. The SMILES string of the molecule is CC(C)[C@H](NC(=O)CCCC(=O)ON1C(=O)CCC1=O)C(=O)N[C@H](C=O)CCCNC(N)=O. The fourth-order valence-electron chi connectivity index (χ4n) is 2.96. The number of nitrogens with two attached hydrogens (primary N) is 1. The molecule has 0 saturated carbocycles. The fraction of sp³-hybridized carbons (Fsp3) is 0.650. The zero-order chi connectivity index (χ0) is 25.0. The molecule has 5 N–H and O–H groups in total. The van der Waals surface area contributed by atoms with E-state index >= 15 is 0 Å². The van der Waals surface area contributed by atoms with Crippen molar-refractivity contribution in [2.45, 2.75) is 70.9 Å². The van der Waals surface area contributed by atoms with E-state index in [4.69, 9.17) is 10.6 Å². The highest BCUT2D eigenvalue weighted by Crippen LogP contribution is 2.13. The third-order valence-corrected chi connectivity index (χ3v) is 4.73. The van der Waals surface area contributed by atoms with E-state index in [0.29, 0.717) is 17.8 Å². The van der Waals surface area contributed by atoms with Crippen LogP contribution in [0.1, 0.15) is 58.8 Å². The largest absolute Gasteiger partial charge is 0.352 e. The fourth-order valence-corrected chi connectivity index (χ4v) is 2.96. The summed E-state index contributed by atoms with van der Waals surface area (Å²) in [5.41, 5.74) is 4.96. The second-order valence-electron chi connectivity index (χ2n) is 7.87. The maximum atomic E-state index is 12.5. The molecule has 0 bridgehead atoms. The minimum absolute atomic E-state index is 0.0115. The molecule has 0 spiro atoms. The molecule has 1 aliphatic heterocycles. The van der Waals surface area contributed by atoms with Gasteiger partial charge in [0.1, 0.15) is 12.3 Å². The Morgan fingerprint density at radius 3 is 2.24 bits per heavy atom. The van der Waals surface area contributed by atoms with Gasteiger partial charge in [-0.15, -0.1) is 5.06 Å². The van der Waals surface area contributed by atoms with E-state index < -0.39 is 47.7 Å². The van der Waals surface area contributed by atoms with Gasteiger partial charge in [0.05, 0.1) is 6.04 Å². The van der Waals surface area contributed by atoms with E-state index in [0.717, 1.165) is 0 Å². The van der Waals surface area contributed by atoms with Crippen LogP contribution in [0.2, 0.25) is 0 Å². The first kappa shape index (κ1) is 27.5. The van der Waals surface area contributed by atoms with E-state index in [-0.39, 0.29) is 51.0 Å². The number of aldehydes is 1. The van der Waals surface area contributed by atoms with Crippen LogP contribution in [0.25, 0.3) is 0 Å². The Morgan fingerprint density at radius 1 is 1.06 bits per heavy atom. The number of nitrogens with one attached hydrogen (secondary N) is 3. The van der Waals surface area contributed by atoms with E-state index in [9.17, 15) is 33.6 Å². The van der Waals surface area contributed by atoms with Gasteiger partial charge in [0.2, 0.25) is 11.8 Å². The number of carbonyl (C=O) groups is 7. The van der Waals surface area contributed by atoms with Gasteiger partial charge in [-0.3, -0.25) is 19.2 Å². The van der Waals surface area contributed by atoms with Crippen molar-refractivity contribution in [3.63, 3.8) is 0 Å². The Hall–Kier alpha value is -3.51. The molecule has 1 aliphatic rings. The standard InChI is InChI=1S/C20H31N5O8/c1-12(2)18(19(31)23-13(11-26)5-4-10-22-20(21)32)24-14(27)6-3-7-17(30)33-25-15(28)8-9-16(25)29/h11-13,18H,3-10H2,1-2H3,(H,23,31)(H,24,27)(H3,21,22,32)/t13-,18-/m0/s1. The maximum Gasteiger partial charge on any atom is 0.333 e. The van der Waals surface area contributed by atoms with Crippen molar-refractivity contribution in [2.24, 2.45) is 11.7 Å². The van der Waals surface area contributed by atoms with Crippen molar-refractivity contribution >= 4 is 41.9 Å². The summed E-state index contributed by atoms with van der Waals surface area (Å²) >= 11 is 0. The molecule has 1 heterocycles. The van der Waals surface area contributed by atoms with E-state index in [1.807, 2.05) is 0 Å². The minimum Gasteiger partial charge on any atom is -0.352 e. The minimum atomic E-state index is -0.907. The lowest BCUT2D eigenvalue weighted by Crippen LogP contribution is -2.52. The van der Waals surface area contributed by atoms with Crippen LogP contribution in [0.5, 0.6) is 0 Å². The molecule has 1 rings (SSSR count). The predicted octanol–water partition coefficient (Wildman–Crippen LogP) is -0.963. The van der Waals surface area contributed by atoms with Crippen LogP contribution < -0.4 is 21.7 Å². The molecule has 13 heteroatoms. The Morgan fingerprint density at radius 2 is 1.70 bits per heavy atom. The summed E-state index contributed by atoms with van der Waals surface area (Å²) in [6.45, 7) is 3.69. The first-order valence-electron chi connectivity index (χ1n) is 10.7. The van der Waals surface area contributed by atoms with Gasteiger partial charge in [0.25, 0.3) is 11.8 Å². The number of carbonyl (C=O) groups excluding carboxylic acids is 7. The van der Waals surface area contributed by atoms with Gasteiger partial charge in [0.15, 0.2) is 0 Å². The number of amides is 6. The number of hydrogen-bond acceptors (Lipinski definition) is 8. The molecule has 0 aromatic rings. The lowest BCUT2D eigenvalue weighted by Gasteiger charge is -2.23. The Balaban J connectivity index is 2.43. The van der Waals surface area contributed by atoms with E-state index in [1.165, 1.54) is 0 Å². The number of urea groups is 1. The highest BCUT2D eigenvalue weighted by Gasteiger charge is 2.32. The Kier molecular flexibility index (Phi) is 11.5. The van der Waals surface area contributed by atoms with Gasteiger partial charge in [-0.25, -0.2) is 9.59 Å². The number of rotatable bonds is 14. The zero-order valence-electron chi connectivity index (χ0n) is 18.8. The summed E-state index contributed by atoms with van der Waals surface area (Å²) in [6, 6.07) is -2.39. The molecule has 13 nitrogen and oxygen atoms in total. The van der Waals surface area contributed by atoms with Gasteiger partial charge in [-0.1, -0.05) is 13.8 Å². The second-order valence-corrected chi connectivity index (χ2v) is 7.87. The summed E-state index contributed by atoms with van der Waals surface area (Å²) in [4.78, 5) is 86.1. The van der Waals surface area contributed by atoms with Crippen molar-refractivity contribution in [3.8, 4) is 0 Å². The first-order chi connectivity index (χ1) is 15.5. The quantitative estimate of drug-likeness (QED) is 0.142. The third-order valence-electron chi connectivity index (χ3n) is 4.73. The smallest absolute Gasteiger partial charge is 0.333 e. The molecular formula is C20H31N5O8. The van der Waals surface area contributed by atoms with Gasteiger partial charge < -0.3 is 31.3 Å². The average Bonchev–Trinajstić information content (AvgIpc) is 3.05. The maximum absolute atomic E-state index is 12.5. The van der Waals surface area contributed by atoms with Crippen LogP contribution in [0.15, 0.2) is 0 Å². The molecule has 6 amide bonds. The normalized spacial score (nSPS) is 15.1. The van der Waals surface area contributed by atoms with Crippen LogP contribution in [-0.2, 0) is 33.6 Å². The molecule has 0 aromatic heterocycles. The molecule has 2 atom stereocenters. The monoisotopic (exact) mass is 469 g/mol. The summed E-state index contributed by atoms with van der Waals surface area (Å²) < 4.78 is 0. The molecule has 1 fully saturated rings. The van der Waals surface area contributed by atoms with Crippen molar-refractivity contribution in [1.82, 2.24) is 21.0 Å². The molecule has 184 valence electrons. The average molecular weight is 469 g/mol. The van der Waals surface area contributed by atoms with Gasteiger partial charge in [-0.05, 0) is 25.2 Å². The third kappa shape index (κ3) is 10.1. The lowest BCUT2D eigenvalue weighted by molar-refractivity contribution is -0.197. The van der Waals surface area contributed by atoms with Gasteiger partial charge in [-0.2, -0.15) is 0 Å². The molecule has 0 aromatic carbocycles. The molecule has 0 radical (unpaired) electrons. The second kappa shape index (κ2) is 13.8. The van der Waals surface area contributed by atoms with Crippen LogP contribution in [-0.4, -0.2) is 65.6 Å². The lowest BCUT2D eigenvalue weighted by atomic mass is 10.0. The number of nitrogens with zero attached hydrogens (tertiary/aromatic N) is 1. The van der Waals surface area contributed by atoms with Crippen LogP contribution in [0, 0.1) is 5.92 Å². The molecular weight excluding hydrogens is 438 g/mol. The van der Waals surface area contributed by atoms with Crippen molar-refractivity contribution < 1.29 is 38.4 Å². The summed E-state index contributed by atoms with van der Waals surface area (Å²) in [7, 11) is 0. The molecule has 1 saturated heterocycles. The predicted molar refractivity (Wildman–Crippen MR) is 113 cm³/mol. The first-order valence-corrected chi connectivity index (χ1v) is 10.7. The van der Waals surface area contributed by atoms with E-state index in [2.05, 4.69) is 16.0 Å². The molecule has 0 aliphatic carbocycles. The number of imide groups is 1. The van der Waals surface area contributed by atoms with Gasteiger partial charge >= 0.3 is 12.0 Å². The zero-order valence-corrected chi connectivity index (χ0v) is 18.8. The van der Waals surface area contributed by atoms with Gasteiger partial charge in [0, 0.05) is 32.2 Å². The number of primary amides is 1. The molecule has 33 heavy (non-hydrogen) atoms. The van der Waals surface area contributed by atoms with Crippen LogP contribution in [0.3, 0.4) is 0 Å².